The van der Waals surface area contributed by atoms with E-state index < -0.39 is 0 Å². The molecule has 0 bridgehead atoms. The number of carbonyl (C=O) groups is 2. The van der Waals surface area contributed by atoms with Crippen molar-refractivity contribution in [1.82, 2.24) is 9.88 Å². The predicted molar refractivity (Wildman–Crippen MR) is 99.3 cm³/mol. The first kappa shape index (κ1) is 17.7. The molecular formula is C19H22N4O3. The Morgan fingerprint density at radius 1 is 1.12 bits per heavy atom. The molecular weight excluding hydrogens is 332 g/mol. The number of rotatable bonds is 7. The van der Waals surface area contributed by atoms with Gasteiger partial charge in [-0.15, -0.1) is 0 Å². The van der Waals surface area contributed by atoms with E-state index in [-0.39, 0.29) is 12.3 Å². The van der Waals surface area contributed by atoms with Gasteiger partial charge in [0.25, 0.3) is 0 Å². The Balaban J connectivity index is 1.43. The number of benzene rings is 1. The van der Waals surface area contributed by atoms with Gasteiger partial charge in [0.1, 0.15) is 11.6 Å². The molecule has 0 radical (unpaired) electrons. The summed E-state index contributed by atoms with van der Waals surface area (Å²) in [5.41, 5.74) is 0.987. The first-order valence-electron chi connectivity index (χ1n) is 8.62. The second-order valence-electron chi connectivity index (χ2n) is 5.99. The third-order valence-corrected chi connectivity index (χ3v) is 4.18. The number of para-hydroxylation sites is 1. The summed E-state index contributed by atoms with van der Waals surface area (Å²) >= 11 is 0. The average Bonchev–Trinajstić information content (AvgIpc) is 2.69. The smallest absolute Gasteiger partial charge is 0.228 e. The van der Waals surface area contributed by atoms with Gasteiger partial charge in [0.2, 0.25) is 12.3 Å². The molecule has 3 rings (SSSR count). The van der Waals surface area contributed by atoms with E-state index in [9.17, 15) is 9.59 Å². The molecule has 26 heavy (non-hydrogen) atoms. The summed E-state index contributed by atoms with van der Waals surface area (Å²) in [7, 11) is 0. The summed E-state index contributed by atoms with van der Waals surface area (Å²) in [5, 5.41) is 2.77. The number of hydrogen-bond acceptors (Lipinski definition) is 5. The maximum absolute atomic E-state index is 12.0. The number of ether oxygens (including phenoxy) is 1. The Kier molecular flexibility index (Phi) is 6.03. The highest BCUT2D eigenvalue weighted by atomic mass is 16.5. The van der Waals surface area contributed by atoms with Crippen LogP contribution in [-0.4, -0.2) is 55.0 Å². The minimum absolute atomic E-state index is 0.138. The van der Waals surface area contributed by atoms with Crippen molar-refractivity contribution < 1.29 is 14.3 Å². The van der Waals surface area contributed by atoms with E-state index in [0.29, 0.717) is 25.5 Å². The highest BCUT2D eigenvalue weighted by molar-refractivity contribution is 5.89. The van der Waals surface area contributed by atoms with Gasteiger partial charge in [0.15, 0.2) is 0 Å². The highest BCUT2D eigenvalue weighted by Crippen LogP contribution is 2.17. The van der Waals surface area contributed by atoms with Crippen LogP contribution in [0.1, 0.15) is 6.42 Å². The summed E-state index contributed by atoms with van der Waals surface area (Å²) in [6.07, 6.45) is 2.88. The van der Waals surface area contributed by atoms with E-state index in [1.54, 1.807) is 17.2 Å². The van der Waals surface area contributed by atoms with Gasteiger partial charge in [0.05, 0.1) is 24.9 Å². The van der Waals surface area contributed by atoms with Gasteiger partial charge < -0.3 is 19.9 Å². The molecule has 0 atom stereocenters. The minimum atomic E-state index is -0.138. The molecule has 2 aromatic rings. The molecule has 0 saturated carbocycles. The lowest BCUT2D eigenvalue weighted by molar-refractivity contribution is -0.118. The Morgan fingerprint density at radius 3 is 2.54 bits per heavy atom. The van der Waals surface area contributed by atoms with Crippen molar-refractivity contribution in [2.75, 3.05) is 43.0 Å². The van der Waals surface area contributed by atoms with Gasteiger partial charge in [-0.25, -0.2) is 4.98 Å². The quantitative estimate of drug-likeness (QED) is 0.767. The van der Waals surface area contributed by atoms with Crippen LogP contribution in [0.3, 0.4) is 0 Å². The molecule has 1 aliphatic rings. The van der Waals surface area contributed by atoms with Crippen LogP contribution in [0.2, 0.25) is 0 Å². The van der Waals surface area contributed by atoms with Crippen molar-refractivity contribution in [3.8, 4) is 5.75 Å². The summed E-state index contributed by atoms with van der Waals surface area (Å²) in [4.78, 5) is 31.0. The monoisotopic (exact) mass is 354 g/mol. The average molecular weight is 354 g/mol. The zero-order chi connectivity index (χ0) is 18.2. The van der Waals surface area contributed by atoms with E-state index in [1.165, 1.54) is 0 Å². The molecule has 0 aliphatic carbocycles. The van der Waals surface area contributed by atoms with Crippen LogP contribution < -0.4 is 15.0 Å². The number of aromatic nitrogens is 1. The fourth-order valence-corrected chi connectivity index (χ4v) is 2.72. The van der Waals surface area contributed by atoms with Crippen LogP contribution in [0.15, 0.2) is 48.7 Å². The maximum atomic E-state index is 12.0. The van der Waals surface area contributed by atoms with Crippen molar-refractivity contribution >= 4 is 23.8 Å². The molecule has 136 valence electrons. The number of anilines is 2. The molecule has 2 amide bonds. The number of hydrogen-bond donors (Lipinski definition) is 1. The molecule has 2 heterocycles. The SMILES string of the molecule is O=CN1CCN(c2ccc(NC(=O)CCOc3ccccc3)nc2)CC1. The van der Waals surface area contributed by atoms with Gasteiger partial charge in [-0.2, -0.15) is 0 Å². The normalized spacial score (nSPS) is 14.0. The zero-order valence-corrected chi connectivity index (χ0v) is 14.5. The second-order valence-corrected chi connectivity index (χ2v) is 5.99. The Bertz CT molecular complexity index is 713. The molecule has 1 aromatic heterocycles. The van der Waals surface area contributed by atoms with Crippen molar-refractivity contribution in [3.05, 3.63) is 48.7 Å². The zero-order valence-electron chi connectivity index (χ0n) is 14.5. The molecule has 1 aromatic carbocycles. The summed E-state index contributed by atoms with van der Waals surface area (Å²) in [6, 6.07) is 13.1. The molecule has 7 heteroatoms. The predicted octanol–water partition coefficient (Wildman–Crippen LogP) is 1.77. The summed E-state index contributed by atoms with van der Waals surface area (Å²) in [5.74, 6) is 1.13. The highest BCUT2D eigenvalue weighted by Gasteiger charge is 2.16. The molecule has 1 fully saturated rings. The molecule has 0 unspecified atom stereocenters. The van der Waals surface area contributed by atoms with Crippen molar-refractivity contribution in [3.63, 3.8) is 0 Å². The molecule has 1 aliphatic heterocycles. The van der Waals surface area contributed by atoms with Crippen LogP contribution >= 0.6 is 0 Å². The van der Waals surface area contributed by atoms with Crippen LogP contribution in [-0.2, 0) is 9.59 Å². The summed E-state index contributed by atoms with van der Waals surface area (Å²) < 4.78 is 5.51. The topological polar surface area (TPSA) is 74.8 Å². The molecule has 1 N–H and O–H groups in total. The third kappa shape index (κ3) is 4.95. The number of pyridine rings is 1. The van der Waals surface area contributed by atoms with Gasteiger partial charge in [0, 0.05) is 26.2 Å². The van der Waals surface area contributed by atoms with Crippen LogP contribution in [0.5, 0.6) is 5.75 Å². The molecule has 0 spiro atoms. The number of piperazine rings is 1. The minimum Gasteiger partial charge on any atom is -0.493 e. The number of nitrogens with zero attached hydrogens (tertiary/aromatic N) is 3. The largest absolute Gasteiger partial charge is 0.493 e. The van der Waals surface area contributed by atoms with Gasteiger partial charge in [-0.05, 0) is 24.3 Å². The lowest BCUT2D eigenvalue weighted by atomic mass is 10.3. The summed E-state index contributed by atoms with van der Waals surface area (Å²) in [6.45, 7) is 3.30. The lowest BCUT2D eigenvalue weighted by Crippen LogP contribution is -2.45. The van der Waals surface area contributed by atoms with Gasteiger partial charge >= 0.3 is 0 Å². The number of nitrogens with one attached hydrogen (secondary N) is 1. The standard InChI is InChI=1S/C19H22N4O3/c24-15-22-9-11-23(12-10-22)16-6-7-18(20-14-16)21-19(25)8-13-26-17-4-2-1-3-5-17/h1-7,14-15H,8-13H2,(H,20,21,25). The Labute approximate surface area is 152 Å². The first-order valence-corrected chi connectivity index (χ1v) is 8.62. The van der Waals surface area contributed by atoms with E-state index in [2.05, 4.69) is 15.2 Å². The van der Waals surface area contributed by atoms with Gasteiger partial charge in [-0.3, -0.25) is 9.59 Å². The van der Waals surface area contributed by atoms with E-state index in [4.69, 9.17) is 4.74 Å². The second kappa shape index (κ2) is 8.84. The Morgan fingerprint density at radius 2 is 1.88 bits per heavy atom. The number of amides is 2. The first-order chi connectivity index (χ1) is 12.7. The number of carbonyl (C=O) groups excluding carboxylic acids is 2. The maximum Gasteiger partial charge on any atom is 0.228 e. The van der Waals surface area contributed by atoms with Crippen molar-refractivity contribution in [2.24, 2.45) is 0 Å². The van der Waals surface area contributed by atoms with E-state index in [0.717, 1.165) is 30.9 Å². The van der Waals surface area contributed by atoms with Crippen LogP contribution in [0, 0.1) is 0 Å². The van der Waals surface area contributed by atoms with E-state index >= 15 is 0 Å². The third-order valence-electron chi connectivity index (χ3n) is 4.18. The molecule has 1 saturated heterocycles. The van der Waals surface area contributed by atoms with Crippen molar-refractivity contribution in [2.45, 2.75) is 6.42 Å². The van der Waals surface area contributed by atoms with E-state index in [1.807, 2.05) is 36.4 Å². The fourth-order valence-electron chi connectivity index (χ4n) is 2.72. The van der Waals surface area contributed by atoms with Crippen LogP contribution in [0.25, 0.3) is 0 Å². The van der Waals surface area contributed by atoms with Crippen LogP contribution in [0.4, 0.5) is 11.5 Å². The molecule has 7 nitrogen and oxygen atoms in total. The fraction of sp³-hybridized carbons (Fsp3) is 0.316. The van der Waals surface area contributed by atoms with Crippen molar-refractivity contribution in [1.29, 1.82) is 0 Å². The Hall–Kier alpha value is -3.09. The van der Waals surface area contributed by atoms with Gasteiger partial charge in [-0.1, -0.05) is 18.2 Å². The lowest BCUT2D eigenvalue weighted by Gasteiger charge is -2.33.